The lowest BCUT2D eigenvalue weighted by Gasteiger charge is -2.12. The molecular formula is C26H27N5O3S. The fourth-order valence-electron chi connectivity index (χ4n) is 3.54. The summed E-state index contributed by atoms with van der Waals surface area (Å²) in [6.07, 6.45) is 4.41. The number of hydrogen-bond acceptors (Lipinski definition) is 7. The van der Waals surface area contributed by atoms with Crippen molar-refractivity contribution in [1.29, 1.82) is 0 Å². The number of methoxy groups -OCH3 is 2. The summed E-state index contributed by atoms with van der Waals surface area (Å²) in [6, 6.07) is 17.6. The predicted octanol–water partition coefficient (Wildman–Crippen LogP) is 4.32. The molecule has 0 fully saturated rings. The fraction of sp³-hybridized carbons (Fsp3) is 0.231. The summed E-state index contributed by atoms with van der Waals surface area (Å²) in [5.74, 6) is 2.07. The highest BCUT2D eigenvalue weighted by Gasteiger charge is 2.17. The summed E-state index contributed by atoms with van der Waals surface area (Å²) >= 11 is 1.34. The fourth-order valence-corrected chi connectivity index (χ4v) is 4.32. The minimum Gasteiger partial charge on any atom is -0.493 e. The molecule has 0 spiro atoms. The first-order valence-electron chi connectivity index (χ1n) is 11.2. The van der Waals surface area contributed by atoms with Gasteiger partial charge in [0.1, 0.15) is 0 Å². The molecule has 8 nitrogen and oxygen atoms in total. The van der Waals surface area contributed by atoms with Crippen LogP contribution in [0, 0.1) is 0 Å². The number of carbonyl (C=O) groups is 1. The largest absolute Gasteiger partial charge is 0.493 e. The Labute approximate surface area is 208 Å². The van der Waals surface area contributed by atoms with Crippen molar-refractivity contribution in [2.45, 2.75) is 25.0 Å². The van der Waals surface area contributed by atoms with Crippen LogP contribution in [0.1, 0.15) is 18.1 Å². The van der Waals surface area contributed by atoms with Crippen LogP contribution in [-0.2, 0) is 17.8 Å². The van der Waals surface area contributed by atoms with Crippen molar-refractivity contribution >= 4 is 17.7 Å². The molecule has 9 heteroatoms. The molecular weight excluding hydrogens is 462 g/mol. The molecule has 0 saturated carbocycles. The van der Waals surface area contributed by atoms with E-state index in [1.54, 1.807) is 26.6 Å². The van der Waals surface area contributed by atoms with E-state index in [9.17, 15) is 4.79 Å². The number of aromatic nitrogens is 4. The van der Waals surface area contributed by atoms with Gasteiger partial charge in [0.05, 0.1) is 20.0 Å². The van der Waals surface area contributed by atoms with E-state index in [-0.39, 0.29) is 11.7 Å². The summed E-state index contributed by atoms with van der Waals surface area (Å²) in [4.78, 5) is 16.7. The Balaban J connectivity index is 1.49. The van der Waals surface area contributed by atoms with E-state index in [1.165, 1.54) is 17.3 Å². The van der Waals surface area contributed by atoms with Gasteiger partial charge in [-0.15, -0.1) is 10.2 Å². The number of nitrogens with one attached hydrogen (secondary N) is 1. The summed E-state index contributed by atoms with van der Waals surface area (Å²) in [5, 5.41) is 12.4. The zero-order valence-corrected chi connectivity index (χ0v) is 20.7. The Morgan fingerprint density at radius 2 is 1.66 bits per heavy atom. The molecule has 2 aromatic heterocycles. The highest BCUT2D eigenvalue weighted by Crippen LogP contribution is 2.29. The predicted molar refractivity (Wildman–Crippen MR) is 136 cm³/mol. The van der Waals surface area contributed by atoms with Crippen molar-refractivity contribution in [2.75, 3.05) is 20.0 Å². The average molecular weight is 490 g/mol. The van der Waals surface area contributed by atoms with Gasteiger partial charge in [-0.1, -0.05) is 36.9 Å². The molecule has 2 heterocycles. The third-order valence-electron chi connectivity index (χ3n) is 5.44. The second-order valence-corrected chi connectivity index (χ2v) is 8.59. The maximum atomic E-state index is 12.6. The van der Waals surface area contributed by atoms with Gasteiger partial charge in [0, 0.05) is 30.2 Å². The summed E-state index contributed by atoms with van der Waals surface area (Å²) in [7, 11) is 3.18. The highest BCUT2D eigenvalue weighted by atomic mass is 32.2. The Bertz CT molecular complexity index is 1280. The van der Waals surface area contributed by atoms with Crippen molar-refractivity contribution in [1.82, 2.24) is 25.1 Å². The number of pyridine rings is 1. The molecule has 180 valence electrons. The normalized spacial score (nSPS) is 10.7. The van der Waals surface area contributed by atoms with Crippen LogP contribution < -0.4 is 14.8 Å². The average Bonchev–Trinajstić information content (AvgIpc) is 3.35. The van der Waals surface area contributed by atoms with Crippen LogP contribution in [0.5, 0.6) is 11.5 Å². The number of nitrogens with zero attached hydrogens (tertiary/aromatic N) is 4. The molecule has 1 N–H and O–H groups in total. The van der Waals surface area contributed by atoms with Crippen LogP contribution in [0.4, 0.5) is 0 Å². The Morgan fingerprint density at radius 1 is 0.943 bits per heavy atom. The van der Waals surface area contributed by atoms with Gasteiger partial charge in [-0.25, -0.2) is 0 Å². The summed E-state index contributed by atoms with van der Waals surface area (Å²) < 4.78 is 12.6. The van der Waals surface area contributed by atoms with Gasteiger partial charge in [-0.05, 0) is 53.9 Å². The first-order valence-corrected chi connectivity index (χ1v) is 12.2. The maximum absolute atomic E-state index is 12.6. The van der Waals surface area contributed by atoms with Gasteiger partial charge in [-0.3, -0.25) is 14.3 Å². The van der Waals surface area contributed by atoms with Gasteiger partial charge in [-0.2, -0.15) is 0 Å². The smallest absolute Gasteiger partial charge is 0.230 e. The van der Waals surface area contributed by atoms with Gasteiger partial charge in [0.2, 0.25) is 5.91 Å². The van der Waals surface area contributed by atoms with Crippen molar-refractivity contribution in [2.24, 2.45) is 0 Å². The minimum absolute atomic E-state index is 0.105. The Morgan fingerprint density at radius 3 is 2.34 bits per heavy atom. The van der Waals surface area contributed by atoms with Gasteiger partial charge in [0.15, 0.2) is 22.5 Å². The van der Waals surface area contributed by atoms with Crippen molar-refractivity contribution in [3.63, 3.8) is 0 Å². The second-order valence-electron chi connectivity index (χ2n) is 7.65. The van der Waals surface area contributed by atoms with Crippen LogP contribution in [0.15, 0.2) is 72.1 Å². The van der Waals surface area contributed by atoms with Gasteiger partial charge >= 0.3 is 0 Å². The lowest BCUT2D eigenvalue weighted by Crippen LogP contribution is -2.24. The zero-order chi connectivity index (χ0) is 24.6. The number of rotatable bonds is 10. The summed E-state index contributed by atoms with van der Waals surface area (Å²) in [5.41, 5.74) is 4.00. The number of carbonyl (C=O) groups excluding carboxylic acids is 1. The van der Waals surface area contributed by atoms with Crippen LogP contribution >= 0.6 is 11.8 Å². The lowest BCUT2D eigenvalue weighted by molar-refractivity contribution is -0.118. The molecule has 1 amide bonds. The molecule has 0 radical (unpaired) electrons. The lowest BCUT2D eigenvalue weighted by atomic mass is 10.1. The molecule has 0 bridgehead atoms. The van der Waals surface area contributed by atoms with E-state index in [0.717, 1.165) is 23.2 Å². The molecule has 0 atom stereocenters. The molecule has 4 aromatic rings. The van der Waals surface area contributed by atoms with Gasteiger partial charge in [0.25, 0.3) is 0 Å². The first kappa shape index (κ1) is 24.3. The van der Waals surface area contributed by atoms with Crippen LogP contribution in [0.25, 0.3) is 17.1 Å². The van der Waals surface area contributed by atoms with E-state index in [4.69, 9.17) is 9.47 Å². The van der Waals surface area contributed by atoms with E-state index in [2.05, 4.69) is 39.6 Å². The number of aryl methyl sites for hydroxylation is 1. The highest BCUT2D eigenvalue weighted by molar-refractivity contribution is 7.99. The molecule has 0 aliphatic heterocycles. The molecule has 2 aromatic carbocycles. The van der Waals surface area contributed by atoms with Crippen LogP contribution in [0.3, 0.4) is 0 Å². The molecule has 4 rings (SSSR count). The first-order chi connectivity index (χ1) is 17.1. The number of thioether (sulfide) groups is 1. The van der Waals surface area contributed by atoms with E-state index in [1.807, 2.05) is 47.0 Å². The zero-order valence-electron chi connectivity index (χ0n) is 19.9. The minimum atomic E-state index is -0.105. The van der Waals surface area contributed by atoms with E-state index in [0.29, 0.717) is 29.0 Å². The third kappa shape index (κ3) is 5.81. The van der Waals surface area contributed by atoms with Crippen molar-refractivity contribution in [3.8, 4) is 28.6 Å². The van der Waals surface area contributed by atoms with Crippen LogP contribution in [-0.4, -0.2) is 45.6 Å². The summed E-state index contributed by atoms with van der Waals surface area (Å²) in [6.45, 7) is 2.51. The monoisotopic (exact) mass is 489 g/mol. The third-order valence-corrected chi connectivity index (χ3v) is 6.37. The molecule has 0 aliphatic rings. The topological polar surface area (TPSA) is 91.2 Å². The SMILES string of the molecule is CCc1ccc(-n2c(SCC(=O)NCc3ccc(OC)c(OC)c3)nnc2-c2ccncc2)cc1. The quantitative estimate of drug-likeness (QED) is 0.332. The maximum Gasteiger partial charge on any atom is 0.230 e. The number of ether oxygens (including phenoxy) is 2. The number of hydrogen-bond donors (Lipinski definition) is 1. The molecule has 0 unspecified atom stereocenters. The Kier molecular flexibility index (Phi) is 7.99. The van der Waals surface area contributed by atoms with Crippen molar-refractivity contribution in [3.05, 3.63) is 78.1 Å². The molecule has 0 aliphatic carbocycles. The molecule has 0 saturated heterocycles. The molecule has 35 heavy (non-hydrogen) atoms. The van der Waals surface area contributed by atoms with Crippen molar-refractivity contribution < 1.29 is 14.3 Å². The standard InChI is InChI=1S/C26H27N5O3S/c1-4-18-5-8-21(9-6-18)31-25(20-11-13-27-14-12-20)29-30-26(31)35-17-24(32)28-16-19-7-10-22(33-2)23(15-19)34-3/h5-15H,4,16-17H2,1-3H3,(H,28,32). The number of amides is 1. The number of benzene rings is 2. The Hall–Kier alpha value is -3.85. The van der Waals surface area contributed by atoms with E-state index < -0.39 is 0 Å². The second kappa shape index (κ2) is 11.5. The van der Waals surface area contributed by atoms with Gasteiger partial charge < -0.3 is 14.8 Å². The van der Waals surface area contributed by atoms with Crippen LogP contribution in [0.2, 0.25) is 0 Å². The van der Waals surface area contributed by atoms with E-state index >= 15 is 0 Å².